The van der Waals surface area contributed by atoms with Gasteiger partial charge < -0.3 is 4.74 Å². The van der Waals surface area contributed by atoms with Crippen LogP contribution in [0.5, 0.6) is 0 Å². The van der Waals surface area contributed by atoms with E-state index in [1.54, 1.807) is 0 Å². The highest BCUT2D eigenvalue weighted by Gasteiger charge is 2.29. The lowest BCUT2D eigenvalue weighted by Crippen LogP contribution is -2.39. The molecule has 16 heavy (non-hydrogen) atoms. The Morgan fingerprint density at radius 1 is 1.31 bits per heavy atom. The van der Waals surface area contributed by atoms with E-state index < -0.39 is 0 Å². The number of nitrogens with zero attached hydrogens (tertiary/aromatic N) is 2. The Labute approximate surface area is 97.5 Å². The van der Waals surface area contributed by atoms with Crippen LogP contribution in [0.3, 0.4) is 0 Å². The maximum absolute atomic E-state index is 11.4. The Morgan fingerprint density at radius 2 is 2.12 bits per heavy atom. The number of carbonyl (C=O) groups excluding carboxylic acids is 1. The molecule has 0 bridgehead atoms. The van der Waals surface area contributed by atoms with Crippen LogP contribution in [0, 0.1) is 0 Å². The van der Waals surface area contributed by atoms with Crippen molar-refractivity contribution in [3.8, 4) is 0 Å². The molecule has 0 radical (unpaired) electrons. The summed E-state index contributed by atoms with van der Waals surface area (Å²) in [5.74, 6) is -0.0750. The molecule has 2 aliphatic heterocycles. The Hall–Kier alpha value is -0.610. The van der Waals surface area contributed by atoms with Gasteiger partial charge in [-0.1, -0.05) is 0 Å². The van der Waals surface area contributed by atoms with Gasteiger partial charge in [-0.25, -0.2) is 0 Å². The van der Waals surface area contributed by atoms with Crippen LogP contribution in [0.4, 0.5) is 0 Å². The highest BCUT2D eigenvalue weighted by Crippen LogP contribution is 2.21. The lowest BCUT2D eigenvalue weighted by molar-refractivity contribution is -0.144. The van der Waals surface area contributed by atoms with Gasteiger partial charge in [0.05, 0.1) is 13.2 Å². The fourth-order valence-corrected chi connectivity index (χ4v) is 2.82. The largest absolute Gasteiger partial charge is 0.465 e. The fraction of sp³-hybridized carbons (Fsp3) is 0.917. The summed E-state index contributed by atoms with van der Waals surface area (Å²) >= 11 is 0. The predicted octanol–water partition coefficient (Wildman–Crippen LogP) is 0.720. The summed E-state index contributed by atoms with van der Waals surface area (Å²) in [6.07, 6.45) is 3.78. The van der Waals surface area contributed by atoms with E-state index in [9.17, 15) is 4.79 Å². The zero-order chi connectivity index (χ0) is 11.4. The van der Waals surface area contributed by atoms with E-state index in [4.69, 9.17) is 4.74 Å². The summed E-state index contributed by atoms with van der Waals surface area (Å²) in [5.41, 5.74) is 0. The molecule has 0 aliphatic carbocycles. The quantitative estimate of drug-likeness (QED) is 0.664. The van der Waals surface area contributed by atoms with Crippen LogP contribution in [-0.2, 0) is 9.53 Å². The number of ether oxygens (including phenoxy) is 1. The van der Waals surface area contributed by atoms with Crippen molar-refractivity contribution < 1.29 is 9.53 Å². The van der Waals surface area contributed by atoms with E-state index >= 15 is 0 Å². The molecule has 0 aromatic heterocycles. The second kappa shape index (κ2) is 5.64. The summed E-state index contributed by atoms with van der Waals surface area (Å²) in [5, 5.41) is 0. The minimum absolute atomic E-state index is 0.0750. The van der Waals surface area contributed by atoms with Crippen molar-refractivity contribution in [2.24, 2.45) is 0 Å². The van der Waals surface area contributed by atoms with E-state index in [2.05, 4.69) is 9.80 Å². The lowest BCUT2D eigenvalue weighted by Gasteiger charge is -2.24. The molecule has 0 N–H and O–H groups in total. The molecule has 2 heterocycles. The molecule has 2 rings (SSSR count). The van der Waals surface area contributed by atoms with Crippen LogP contribution in [0.2, 0.25) is 0 Å². The molecule has 0 saturated carbocycles. The number of rotatable bonds is 3. The molecule has 4 nitrogen and oxygen atoms in total. The first kappa shape index (κ1) is 11.9. The van der Waals surface area contributed by atoms with Crippen LogP contribution in [0.25, 0.3) is 0 Å². The zero-order valence-corrected chi connectivity index (χ0v) is 10.2. The van der Waals surface area contributed by atoms with Gasteiger partial charge in [0.15, 0.2) is 0 Å². The first-order chi connectivity index (χ1) is 7.79. The molecule has 92 valence electrons. The summed E-state index contributed by atoms with van der Waals surface area (Å²) in [6.45, 7) is 7.34. The van der Waals surface area contributed by atoms with Crippen molar-refractivity contribution in [3.05, 3.63) is 0 Å². The van der Waals surface area contributed by atoms with Gasteiger partial charge >= 0.3 is 5.97 Å². The van der Waals surface area contributed by atoms with E-state index in [1.165, 1.54) is 32.4 Å². The van der Waals surface area contributed by atoms with Gasteiger partial charge in [0.1, 0.15) is 0 Å². The number of fused-ring (bicyclic) bond motifs is 1. The number of carbonyl (C=O) groups is 1. The van der Waals surface area contributed by atoms with Crippen molar-refractivity contribution in [2.45, 2.75) is 32.2 Å². The summed E-state index contributed by atoms with van der Waals surface area (Å²) in [4.78, 5) is 16.3. The molecule has 4 heteroatoms. The fourth-order valence-electron chi connectivity index (χ4n) is 2.82. The van der Waals surface area contributed by atoms with Crippen molar-refractivity contribution in [2.75, 3.05) is 39.3 Å². The number of esters is 1. The maximum atomic E-state index is 11.4. The van der Waals surface area contributed by atoms with Crippen LogP contribution >= 0.6 is 0 Å². The van der Waals surface area contributed by atoms with Crippen LogP contribution in [0.15, 0.2) is 0 Å². The summed E-state index contributed by atoms with van der Waals surface area (Å²) in [6, 6.07) is 0.678. The van der Waals surface area contributed by atoms with Gasteiger partial charge in [-0.3, -0.25) is 14.6 Å². The van der Waals surface area contributed by atoms with Crippen molar-refractivity contribution >= 4 is 5.97 Å². The molecular weight excluding hydrogens is 204 g/mol. The third-order valence-electron chi connectivity index (χ3n) is 3.55. The van der Waals surface area contributed by atoms with Gasteiger partial charge in [0.25, 0.3) is 0 Å². The third kappa shape index (κ3) is 2.95. The average Bonchev–Trinajstić information content (AvgIpc) is 2.58. The van der Waals surface area contributed by atoms with Crippen molar-refractivity contribution in [1.29, 1.82) is 0 Å². The Morgan fingerprint density at radius 3 is 2.94 bits per heavy atom. The van der Waals surface area contributed by atoms with Gasteiger partial charge in [-0.05, 0) is 39.3 Å². The molecule has 0 aromatic rings. The first-order valence-electron chi connectivity index (χ1n) is 6.41. The Bertz CT molecular complexity index is 245. The minimum Gasteiger partial charge on any atom is -0.465 e. The molecule has 2 saturated heterocycles. The monoisotopic (exact) mass is 226 g/mol. The first-order valence-corrected chi connectivity index (χ1v) is 6.41. The highest BCUT2D eigenvalue weighted by molar-refractivity contribution is 5.71. The van der Waals surface area contributed by atoms with Gasteiger partial charge in [-0.15, -0.1) is 0 Å². The van der Waals surface area contributed by atoms with Crippen molar-refractivity contribution in [1.82, 2.24) is 9.80 Å². The Balaban J connectivity index is 1.83. The van der Waals surface area contributed by atoms with E-state index in [0.29, 0.717) is 19.2 Å². The molecular formula is C12H22N2O2. The molecule has 0 aromatic carbocycles. The zero-order valence-electron chi connectivity index (χ0n) is 10.2. The molecule has 2 fully saturated rings. The van der Waals surface area contributed by atoms with E-state index in [-0.39, 0.29) is 5.97 Å². The normalized spacial score (nSPS) is 27.4. The molecule has 2 aliphatic rings. The minimum atomic E-state index is -0.0750. The topological polar surface area (TPSA) is 32.8 Å². The second-order valence-corrected chi connectivity index (χ2v) is 4.73. The summed E-state index contributed by atoms with van der Waals surface area (Å²) in [7, 11) is 0. The van der Waals surface area contributed by atoms with Gasteiger partial charge in [0, 0.05) is 19.1 Å². The van der Waals surface area contributed by atoms with Gasteiger partial charge in [-0.2, -0.15) is 0 Å². The smallest absolute Gasteiger partial charge is 0.320 e. The number of hydrogen-bond acceptors (Lipinski definition) is 4. The molecule has 0 spiro atoms. The molecule has 1 atom stereocenters. The summed E-state index contributed by atoms with van der Waals surface area (Å²) < 4.78 is 5.00. The molecule has 1 unspecified atom stereocenters. The molecule has 0 amide bonds. The van der Waals surface area contributed by atoms with E-state index in [0.717, 1.165) is 13.1 Å². The predicted molar refractivity (Wildman–Crippen MR) is 62.3 cm³/mol. The van der Waals surface area contributed by atoms with Crippen molar-refractivity contribution in [3.63, 3.8) is 0 Å². The van der Waals surface area contributed by atoms with Crippen LogP contribution < -0.4 is 0 Å². The lowest BCUT2D eigenvalue weighted by atomic mass is 10.2. The third-order valence-corrected chi connectivity index (χ3v) is 3.55. The van der Waals surface area contributed by atoms with E-state index in [1.807, 2.05) is 6.92 Å². The standard InChI is InChI=1S/C12H22N2O2/c1-2-16-12(15)10-13-6-4-8-14-7-3-5-11(14)9-13/h11H,2-10H2,1H3. The Kier molecular flexibility index (Phi) is 4.18. The van der Waals surface area contributed by atoms with Gasteiger partial charge in [0.2, 0.25) is 0 Å². The number of hydrogen-bond donors (Lipinski definition) is 0. The SMILES string of the molecule is CCOC(=O)CN1CCCN2CCCC2C1. The highest BCUT2D eigenvalue weighted by atomic mass is 16.5. The van der Waals surface area contributed by atoms with Crippen LogP contribution in [-0.4, -0.2) is 61.1 Å². The average molecular weight is 226 g/mol. The van der Waals surface area contributed by atoms with Crippen LogP contribution in [0.1, 0.15) is 26.2 Å². The maximum Gasteiger partial charge on any atom is 0.320 e. The second-order valence-electron chi connectivity index (χ2n) is 4.73.